The van der Waals surface area contributed by atoms with Gasteiger partial charge in [0.1, 0.15) is 0 Å². The second kappa shape index (κ2) is 9.33. The minimum atomic E-state index is -0.344. The topological polar surface area (TPSA) is 61.9 Å². The number of amides is 2. The Hall–Kier alpha value is -1.92. The van der Waals surface area contributed by atoms with E-state index in [1.54, 1.807) is 12.0 Å². The number of benzene rings is 1. The molecule has 148 valence electrons. The van der Waals surface area contributed by atoms with Gasteiger partial charge in [-0.15, -0.1) is 0 Å². The van der Waals surface area contributed by atoms with Gasteiger partial charge >= 0.3 is 0 Å². The van der Waals surface area contributed by atoms with Crippen molar-refractivity contribution in [2.24, 2.45) is 11.8 Å². The lowest BCUT2D eigenvalue weighted by molar-refractivity contribution is -0.129. The van der Waals surface area contributed by atoms with Gasteiger partial charge in [0.15, 0.2) is 0 Å². The van der Waals surface area contributed by atoms with E-state index in [1.807, 2.05) is 30.3 Å². The highest BCUT2D eigenvalue weighted by Crippen LogP contribution is 2.38. The number of methoxy groups -OCH3 is 1. The van der Waals surface area contributed by atoms with Crippen molar-refractivity contribution in [3.05, 3.63) is 35.9 Å². The fraction of sp³-hybridized carbons (Fsp3) is 0.619. The van der Waals surface area contributed by atoms with Crippen LogP contribution in [0, 0.1) is 11.8 Å². The van der Waals surface area contributed by atoms with Gasteiger partial charge in [-0.05, 0) is 44.5 Å². The summed E-state index contributed by atoms with van der Waals surface area (Å²) in [5.74, 6) is 0.210. The van der Waals surface area contributed by atoms with Crippen molar-refractivity contribution in [1.29, 1.82) is 0 Å². The van der Waals surface area contributed by atoms with Crippen LogP contribution in [0.5, 0.6) is 0 Å². The van der Waals surface area contributed by atoms with Crippen LogP contribution in [0.1, 0.15) is 30.9 Å². The highest BCUT2D eigenvalue weighted by Gasteiger charge is 2.44. The Morgan fingerprint density at radius 3 is 2.59 bits per heavy atom. The van der Waals surface area contributed by atoms with Crippen LogP contribution in [0.4, 0.5) is 0 Å². The predicted molar refractivity (Wildman–Crippen MR) is 104 cm³/mol. The summed E-state index contributed by atoms with van der Waals surface area (Å²) in [6.07, 6.45) is 2.49. The molecule has 0 bridgehead atoms. The Bertz CT molecular complexity index is 629. The minimum Gasteiger partial charge on any atom is -0.383 e. The molecule has 6 heteroatoms. The van der Waals surface area contributed by atoms with Crippen LogP contribution in [-0.4, -0.2) is 68.6 Å². The first-order valence-electron chi connectivity index (χ1n) is 9.89. The minimum absolute atomic E-state index is 0.00366. The van der Waals surface area contributed by atoms with E-state index in [0.717, 1.165) is 31.5 Å². The third-order valence-electron chi connectivity index (χ3n) is 5.85. The Balaban J connectivity index is 1.68. The molecule has 0 radical (unpaired) electrons. The summed E-state index contributed by atoms with van der Waals surface area (Å²) in [5, 5.41) is 3.14. The molecule has 0 spiro atoms. The molecule has 2 aliphatic heterocycles. The molecule has 0 aromatic heterocycles. The zero-order valence-corrected chi connectivity index (χ0v) is 16.4. The van der Waals surface area contributed by atoms with Gasteiger partial charge in [-0.3, -0.25) is 9.59 Å². The highest BCUT2D eigenvalue weighted by atomic mass is 16.5. The third kappa shape index (κ3) is 4.87. The predicted octanol–water partition coefficient (Wildman–Crippen LogP) is 1.68. The Kier molecular flexibility index (Phi) is 6.85. The van der Waals surface area contributed by atoms with E-state index >= 15 is 0 Å². The first-order valence-corrected chi connectivity index (χ1v) is 9.89. The largest absolute Gasteiger partial charge is 0.383 e. The van der Waals surface area contributed by atoms with Gasteiger partial charge in [-0.1, -0.05) is 30.3 Å². The second-order valence-electron chi connectivity index (χ2n) is 7.74. The third-order valence-corrected chi connectivity index (χ3v) is 5.85. The summed E-state index contributed by atoms with van der Waals surface area (Å²) in [6.45, 7) is 3.85. The van der Waals surface area contributed by atoms with Crippen molar-refractivity contribution < 1.29 is 14.3 Å². The first-order chi connectivity index (χ1) is 13.1. The van der Waals surface area contributed by atoms with E-state index in [0.29, 0.717) is 25.6 Å². The lowest BCUT2D eigenvalue weighted by Crippen LogP contribution is -2.40. The van der Waals surface area contributed by atoms with Crippen molar-refractivity contribution >= 4 is 11.8 Å². The summed E-state index contributed by atoms with van der Waals surface area (Å²) in [7, 11) is 3.77. The number of nitrogens with one attached hydrogen (secondary N) is 1. The van der Waals surface area contributed by atoms with Gasteiger partial charge in [0.2, 0.25) is 11.8 Å². The average molecular weight is 373 g/mol. The average Bonchev–Trinajstić information content (AvgIpc) is 3.02. The maximum absolute atomic E-state index is 13.0. The van der Waals surface area contributed by atoms with Gasteiger partial charge in [0.05, 0.1) is 18.6 Å². The van der Waals surface area contributed by atoms with Crippen LogP contribution in [0.3, 0.4) is 0 Å². The molecule has 2 fully saturated rings. The second-order valence-corrected chi connectivity index (χ2v) is 7.74. The maximum Gasteiger partial charge on any atom is 0.226 e. The van der Waals surface area contributed by atoms with E-state index in [2.05, 4.69) is 17.3 Å². The number of nitrogens with zero attached hydrogens (tertiary/aromatic N) is 2. The smallest absolute Gasteiger partial charge is 0.226 e. The van der Waals surface area contributed by atoms with Crippen molar-refractivity contribution in [3.8, 4) is 0 Å². The lowest BCUT2D eigenvalue weighted by Gasteiger charge is -2.30. The van der Waals surface area contributed by atoms with Gasteiger partial charge < -0.3 is 19.9 Å². The summed E-state index contributed by atoms with van der Waals surface area (Å²) >= 11 is 0. The van der Waals surface area contributed by atoms with Gasteiger partial charge in [0, 0.05) is 26.6 Å². The molecule has 1 aromatic carbocycles. The molecule has 27 heavy (non-hydrogen) atoms. The van der Waals surface area contributed by atoms with Crippen LogP contribution < -0.4 is 5.32 Å². The Morgan fingerprint density at radius 2 is 1.93 bits per heavy atom. The molecule has 0 saturated carbocycles. The highest BCUT2D eigenvalue weighted by molar-refractivity contribution is 5.90. The molecule has 2 atom stereocenters. The van der Waals surface area contributed by atoms with Crippen LogP contribution in [0.15, 0.2) is 30.3 Å². The molecule has 2 saturated heterocycles. The van der Waals surface area contributed by atoms with Crippen molar-refractivity contribution in [1.82, 2.24) is 15.1 Å². The Labute approximate surface area is 161 Å². The van der Waals surface area contributed by atoms with Crippen molar-refractivity contribution in [2.75, 3.05) is 46.9 Å². The van der Waals surface area contributed by atoms with E-state index in [9.17, 15) is 9.59 Å². The molecule has 1 N–H and O–H groups in total. The number of ether oxygens (including phenoxy) is 1. The van der Waals surface area contributed by atoms with Crippen molar-refractivity contribution in [2.45, 2.75) is 25.3 Å². The summed E-state index contributed by atoms with van der Waals surface area (Å²) in [6, 6.07) is 9.65. The molecule has 2 aliphatic rings. The quantitative estimate of drug-likeness (QED) is 0.790. The molecule has 3 rings (SSSR count). The molecule has 2 heterocycles. The lowest BCUT2D eigenvalue weighted by atomic mass is 9.92. The van der Waals surface area contributed by atoms with Crippen LogP contribution in [0.2, 0.25) is 0 Å². The number of hydrogen-bond acceptors (Lipinski definition) is 4. The summed E-state index contributed by atoms with van der Waals surface area (Å²) in [4.78, 5) is 29.7. The normalized spacial score (nSPS) is 24.4. The zero-order chi connectivity index (χ0) is 19.2. The SMILES string of the molecule is COCCN1C(=O)C[C@@H](C(=O)NCC2CCN(C)CC2)[C@@H]1c1ccccc1. The van der Waals surface area contributed by atoms with Crippen LogP contribution in [0.25, 0.3) is 0 Å². The number of rotatable bonds is 7. The molecule has 0 unspecified atom stereocenters. The summed E-state index contributed by atoms with van der Waals surface area (Å²) < 4.78 is 5.17. The molecule has 6 nitrogen and oxygen atoms in total. The van der Waals surface area contributed by atoms with Crippen LogP contribution in [-0.2, 0) is 14.3 Å². The molecule has 1 aromatic rings. The van der Waals surface area contributed by atoms with Gasteiger partial charge in [-0.2, -0.15) is 0 Å². The van der Waals surface area contributed by atoms with E-state index in [-0.39, 0.29) is 30.2 Å². The van der Waals surface area contributed by atoms with Gasteiger partial charge in [-0.25, -0.2) is 0 Å². The van der Waals surface area contributed by atoms with E-state index < -0.39 is 0 Å². The number of carbonyl (C=O) groups is 2. The number of likely N-dealkylation sites (tertiary alicyclic amines) is 2. The monoisotopic (exact) mass is 373 g/mol. The molecular weight excluding hydrogens is 342 g/mol. The first kappa shape index (κ1) is 19.8. The number of hydrogen-bond donors (Lipinski definition) is 1. The van der Waals surface area contributed by atoms with E-state index in [1.165, 1.54) is 0 Å². The van der Waals surface area contributed by atoms with Crippen molar-refractivity contribution in [3.63, 3.8) is 0 Å². The number of piperidine rings is 1. The zero-order valence-electron chi connectivity index (χ0n) is 16.4. The van der Waals surface area contributed by atoms with E-state index in [4.69, 9.17) is 4.74 Å². The number of carbonyl (C=O) groups excluding carboxylic acids is 2. The summed E-state index contributed by atoms with van der Waals surface area (Å²) in [5.41, 5.74) is 1.01. The van der Waals surface area contributed by atoms with Gasteiger partial charge in [0.25, 0.3) is 0 Å². The fourth-order valence-electron chi connectivity index (χ4n) is 4.18. The molecule has 0 aliphatic carbocycles. The molecular formula is C21H31N3O3. The Morgan fingerprint density at radius 1 is 1.22 bits per heavy atom. The standard InChI is InChI=1S/C21H31N3O3/c1-23-10-8-16(9-11-23)15-22-21(26)18-14-19(25)24(12-13-27-2)20(18)17-6-4-3-5-7-17/h3-7,16,18,20H,8-15H2,1-2H3,(H,22,26)/t18-,20+/m1/s1. The molecule has 2 amide bonds. The maximum atomic E-state index is 13.0. The van der Waals surface area contributed by atoms with Crippen LogP contribution >= 0.6 is 0 Å². The fourth-order valence-corrected chi connectivity index (χ4v) is 4.18.